The molecule has 1 fully saturated rings. The third kappa shape index (κ3) is 2.28. The van der Waals surface area contributed by atoms with Gasteiger partial charge in [-0.05, 0) is 34.8 Å². The van der Waals surface area contributed by atoms with Crippen LogP contribution in [0.15, 0.2) is 21.5 Å². The molecule has 1 N–H and O–H groups in total. The van der Waals surface area contributed by atoms with E-state index in [0.717, 1.165) is 12.8 Å². The second-order valence-electron chi connectivity index (χ2n) is 3.74. The van der Waals surface area contributed by atoms with Gasteiger partial charge in [0.1, 0.15) is 0 Å². The Hall–Kier alpha value is -1.10. The maximum Gasteiger partial charge on any atom is 0.264 e. The molecule has 15 heavy (non-hydrogen) atoms. The molecule has 1 aliphatic carbocycles. The summed E-state index contributed by atoms with van der Waals surface area (Å²) in [5.74, 6) is -0.117. The minimum atomic E-state index is -0.141. The number of pyridine rings is 1. The molecule has 0 saturated heterocycles. The summed E-state index contributed by atoms with van der Waals surface area (Å²) in [5.41, 5.74) is 0.369. The fourth-order valence-electron chi connectivity index (χ4n) is 1.29. The average Bonchev–Trinajstić information content (AvgIpc) is 2.97. The van der Waals surface area contributed by atoms with Gasteiger partial charge in [0.05, 0.1) is 10.0 Å². The van der Waals surface area contributed by atoms with Gasteiger partial charge in [-0.15, -0.1) is 0 Å². The lowest BCUT2D eigenvalue weighted by atomic mass is 10.2. The molecular weight excluding hydrogens is 260 g/mol. The van der Waals surface area contributed by atoms with Crippen LogP contribution in [0.5, 0.6) is 0 Å². The van der Waals surface area contributed by atoms with Crippen LogP contribution in [0, 0.1) is 0 Å². The van der Waals surface area contributed by atoms with Crippen LogP contribution in [0.3, 0.4) is 0 Å². The quantitative estimate of drug-likeness (QED) is 0.873. The molecule has 0 aliphatic heterocycles. The average molecular weight is 271 g/mol. The summed E-state index contributed by atoms with van der Waals surface area (Å²) >= 11 is 3.13. The van der Waals surface area contributed by atoms with Crippen molar-refractivity contribution in [2.24, 2.45) is 7.05 Å². The first-order chi connectivity index (χ1) is 7.08. The number of hydrogen-bond donors (Lipinski definition) is 1. The molecule has 1 heterocycles. The van der Waals surface area contributed by atoms with Gasteiger partial charge in [0, 0.05) is 19.3 Å². The summed E-state index contributed by atoms with van der Waals surface area (Å²) in [6, 6.07) is 1.88. The molecule has 0 spiro atoms. The second-order valence-corrected chi connectivity index (χ2v) is 4.59. The van der Waals surface area contributed by atoms with E-state index in [0.29, 0.717) is 16.1 Å². The Labute approximate surface area is 95.4 Å². The summed E-state index contributed by atoms with van der Waals surface area (Å²) in [6.45, 7) is 0. The summed E-state index contributed by atoms with van der Waals surface area (Å²) in [7, 11) is 1.63. The van der Waals surface area contributed by atoms with Gasteiger partial charge in [-0.25, -0.2) is 0 Å². The minimum Gasteiger partial charge on any atom is -0.349 e. The van der Waals surface area contributed by atoms with Gasteiger partial charge in [0.2, 0.25) is 0 Å². The largest absolute Gasteiger partial charge is 0.349 e. The van der Waals surface area contributed by atoms with Crippen molar-refractivity contribution in [3.05, 3.63) is 32.7 Å². The third-order valence-electron chi connectivity index (χ3n) is 2.31. The highest BCUT2D eigenvalue weighted by molar-refractivity contribution is 9.10. The smallest absolute Gasteiger partial charge is 0.264 e. The zero-order valence-corrected chi connectivity index (χ0v) is 9.87. The standard InChI is InChI=1S/C10H11BrN2O2/c1-13-5-6(4-8(11)10(13)15)9(14)12-7-2-3-7/h4-5,7H,2-3H2,1H3,(H,12,14). The van der Waals surface area contributed by atoms with Crippen molar-refractivity contribution in [3.63, 3.8) is 0 Å². The SMILES string of the molecule is Cn1cc(C(=O)NC2CC2)cc(Br)c1=O. The number of carbonyl (C=O) groups is 1. The molecule has 4 nitrogen and oxygen atoms in total. The number of aromatic nitrogens is 1. The Bertz CT molecular complexity index is 437. The predicted molar refractivity (Wildman–Crippen MR) is 59.9 cm³/mol. The van der Waals surface area contributed by atoms with Crippen LogP contribution in [-0.4, -0.2) is 16.5 Å². The highest BCUT2D eigenvalue weighted by Gasteiger charge is 2.24. The van der Waals surface area contributed by atoms with E-state index in [2.05, 4.69) is 21.2 Å². The van der Waals surface area contributed by atoms with E-state index in [1.54, 1.807) is 19.3 Å². The third-order valence-corrected chi connectivity index (χ3v) is 2.88. The van der Waals surface area contributed by atoms with Crippen LogP contribution >= 0.6 is 15.9 Å². The topological polar surface area (TPSA) is 51.1 Å². The first kappa shape index (κ1) is 10.4. The Morgan fingerprint density at radius 1 is 1.60 bits per heavy atom. The molecular formula is C10H11BrN2O2. The van der Waals surface area contributed by atoms with Gasteiger partial charge in [0.15, 0.2) is 0 Å². The molecule has 1 aromatic heterocycles. The molecule has 0 bridgehead atoms. The van der Waals surface area contributed by atoms with E-state index in [1.165, 1.54) is 4.57 Å². The molecule has 1 aromatic rings. The zero-order chi connectivity index (χ0) is 11.0. The van der Waals surface area contributed by atoms with E-state index < -0.39 is 0 Å². The molecule has 0 atom stereocenters. The lowest BCUT2D eigenvalue weighted by molar-refractivity contribution is 0.0950. The van der Waals surface area contributed by atoms with Crippen molar-refractivity contribution >= 4 is 21.8 Å². The summed E-state index contributed by atoms with van der Waals surface area (Å²) in [4.78, 5) is 23.0. The van der Waals surface area contributed by atoms with Crippen LogP contribution in [0.2, 0.25) is 0 Å². The van der Waals surface area contributed by atoms with Gasteiger partial charge in [0.25, 0.3) is 11.5 Å². The van der Waals surface area contributed by atoms with Crippen molar-refractivity contribution in [1.29, 1.82) is 0 Å². The summed E-state index contributed by atoms with van der Waals surface area (Å²) < 4.78 is 1.81. The van der Waals surface area contributed by atoms with Gasteiger partial charge in [-0.2, -0.15) is 0 Å². The maximum absolute atomic E-state index is 11.7. The first-order valence-corrected chi connectivity index (χ1v) is 5.54. The van der Waals surface area contributed by atoms with Crippen molar-refractivity contribution in [2.75, 3.05) is 0 Å². The number of aryl methyl sites for hydroxylation is 1. The van der Waals surface area contributed by atoms with E-state index in [9.17, 15) is 9.59 Å². The molecule has 1 amide bonds. The number of hydrogen-bond acceptors (Lipinski definition) is 2. The van der Waals surface area contributed by atoms with Crippen molar-refractivity contribution in [2.45, 2.75) is 18.9 Å². The second kappa shape index (κ2) is 3.81. The first-order valence-electron chi connectivity index (χ1n) is 4.75. The molecule has 2 rings (SSSR count). The lowest BCUT2D eigenvalue weighted by Gasteiger charge is -2.05. The van der Waals surface area contributed by atoms with Gasteiger partial charge in [-0.3, -0.25) is 9.59 Å². The summed E-state index contributed by atoms with van der Waals surface area (Å²) in [6.07, 6.45) is 3.65. The highest BCUT2D eigenvalue weighted by atomic mass is 79.9. The number of rotatable bonds is 2. The molecule has 0 unspecified atom stereocenters. The van der Waals surface area contributed by atoms with Crippen molar-refractivity contribution in [3.8, 4) is 0 Å². The fourth-order valence-corrected chi connectivity index (χ4v) is 1.82. The van der Waals surface area contributed by atoms with Crippen molar-refractivity contribution in [1.82, 2.24) is 9.88 Å². The number of halogens is 1. The van der Waals surface area contributed by atoms with Crippen LogP contribution < -0.4 is 10.9 Å². The minimum absolute atomic E-state index is 0.117. The Morgan fingerprint density at radius 2 is 2.27 bits per heavy atom. The molecule has 1 aliphatic rings. The zero-order valence-electron chi connectivity index (χ0n) is 8.29. The van der Waals surface area contributed by atoms with Crippen LogP contribution in [0.4, 0.5) is 0 Å². The molecule has 0 aromatic carbocycles. The Morgan fingerprint density at radius 3 is 2.80 bits per heavy atom. The van der Waals surface area contributed by atoms with Crippen molar-refractivity contribution < 1.29 is 4.79 Å². The van der Waals surface area contributed by atoms with E-state index >= 15 is 0 Å². The van der Waals surface area contributed by atoms with Gasteiger partial charge < -0.3 is 9.88 Å². The Balaban J connectivity index is 2.27. The van der Waals surface area contributed by atoms with E-state index in [4.69, 9.17) is 0 Å². The normalized spacial score (nSPS) is 15.1. The number of amides is 1. The monoisotopic (exact) mass is 270 g/mol. The van der Waals surface area contributed by atoms with Gasteiger partial charge >= 0.3 is 0 Å². The predicted octanol–water partition coefficient (Wildman–Crippen LogP) is 1.04. The lowest BCUT2D eigenvalue weighted by Crippen LogP contribution is -2.27. The molecule has 5 heteroatoms. The number of nitrogens with zero attached hydrogens (tertiary/aromatic N) is 1. The van der Waals surface area contributed by atoms with Crippen LogP contribution in [0.1, 0.15) is 23.2 Å². The van der Waals surface area contributed by atoms with E-state index in [1.807, 2.05) is 0 Å². The number of carbonyl (C=O) groups excluding carboxylic acids is 1. The van der Waals surface area contributed by atoms with Crippen LogP contribution in [-0.2, 0) is 7.05 Å². The summed E-state index contributed by atoms with van der Waals surface area (Å²) in [5, 5.41) is 2.87. The van der Waals surface area contributed by atoms with E-state index in [-0.39, 0.29) is 11.5 Å². The van der Waals surface area contributed by atoms with Crippen LogP contribution in [0.25, 0.3) is 0 Å². The fraction of sp³-hybridized carbons (Fsp3) is 0.400. The Kier molecular flexibility index (Phi) is 2.65. The molecule has 1 saturated carbocycles. The number of nitrogens with one attached hydrogen (secondary N) is 1. The molecule has 80 valence electrons. The maximum atomic E-state index is 11.7. The highest BCUT2D eigenvalue weighted by Crippen LogP contribution is 2.19. The molecule has 0 radical (unpaired) electrons. The van der Waals surface area contributed by atoms with Gasteiger partial charge in [-0.1, -0.05) is 0 Å².